The molecular weight excluding hydrogens is 322 g/mol. The van der Waals surface area contributed by atoms with Gasteiger partial charge in [0, 0.05) is 26.7 Å². The third kappa shape index (κ3) is 4.78. The molecule has 0 aromatic heterocycles. The van der Waals surface area contributed by atoms with Gasteiger partial charge in [0.05, 0.1) is 27.2 Å². The van der Waals surface area contributed by atoms with Gasteiger partial charge in [0.2, 0.25) is 0 Å². The standard InChI is InChI=1S/C18H27N3O4/c1-19-18(21-9-7-14(8-10-21)17(22)25-4)20-12-13-5-6-15(23-2)16(11-13)24-3/h5-6,11,14H,7-10,12H2,1-4H3,(H,19,20). The number of carbonyl (C=O) groups excluding carboxylic acids is 1. The molecule has 7 nitrogen and oxygen atoms in total. The molecule has 0 radical (unpaired) electrons. The minimum Gasteiger partial charge on any atom is -0.493 e. The Morgan fingerprint density at radius 3 is 2.44 bits per heavy atom. The van der Waals surface area contributed by atoms with Crippen molar-refractivity contribution in [3.05, 3.63) is 23.8 Å². The van der Waals surface area contributed by atoms with Crippen molar-refractivity contribution in [1.29, 1.82) is 0 Å². The fourth-order valence-corrected chi connectivity index (χ4v) is 3.00. The molecule has 0 aliphatic carbocycles. The Bertz CT molecular complexity index is 610. The quantitative estimate of drug-likeness (QED) is 0.495. The number of piperidine rings is 1. The van der Waals surface area contributed by atoms with Crippen molar-refractivity contribution in [3.63, 3.8) is 0 Å². The summed E-state index contributed by atoms with van der Waals surface area (Å²) >= 11 is 0. The van der Waals surface area contributed by atoms with Crippen LogP contribution in [-0.2, 0) is 16.1 Å². The van der Waals surface area contributed by atoms with Gasteiger partial charge in [0.25, 0.3) is 0 Å². The smallest absolute Gasteiger partial charge is 0.308 e. The number of ether oxygens (including phenoxy) is 3. The first-order valence-electron chi connectivity index (χ1n) is 8.37. The van der Waals surface area contributed by atoms with Crippen LogP contribution in [-0.4, -0.2) is 58.3 Å². The maximum Gasteiger partial charge on any atom is 0.308 e. The summed E-state index contributed by atoms with van der Waals surface area (Å²) in [6.45, 7) is 2.20. The van der Waals surface area contributed by atoms with E-state index < -0.39 is 0 Å². The van der Waals surface area contributed by atoms with Gasteiger partial charge in [0.1, 0.15) is 0 Å². The lowest BCUT2D eigenvalue weighted by molar-refractivity contribution is -0.146. The SMILES string of the molecule is CN=C(NCc1ccc(OC)c(OC)c1)N1CCC(C(=O)OC)CC1. The average Bonchev–Trinajstić information content (AvgIpc) is 2.68. The van der Waals surface area contributed by atoms with Gasteiger partial charge in [-0.3, -0.25) is 9.79 Å². The number of esters is 1. The molecule has 1 N–H and O–H groups in total. The highest BCUT2D eigenvalue weighted by molar-refractivity contribution is 5.80. The molecule has 1 saturated heterocycles. The molecule has 1 aliphatic rings. The van der Waals surface area contributed by atoms with Gasteiger partial charge in [0.15, 0.2) is 17.5 Å². The summed E-state index contributed by atoms with van der Waals surface area (Å²) in [4.78, 5) is 18.1. The number of nitrogens with one attached hydrogen (secondary N) is 1. The normalized spacial score (nSPS) is 15.7. The lowest BCUT2D eigenvalue weighted by Crippen LogP contribution is -2.46. The Balaban J connectivity index is 1.92. The number of rotatable bonds is 5. The Morgan fingerprint density at radius 1 is 1.20 bits per heavy atom. The topological polar surface area (TPSA) is 72.4 Å². The van der Waals surface area contributed by atoms with Crippen LogP contribution in [0.3, 0.4) is 0 Å². The largest absolute Gasteiger partial charge is 0.493 e. The van der Waals surface area contributed by atoms with Crippen LogP contribution in [0.5, 0.6) is 11.5 Å². The van der Waals surface area contributed by atoms with E-state index in [1.54, 1.807) is 21.3 Å². The Morgan fingerprint density at radius 2 is 1.88 bits per heavy atom. The summed E-state index contributed by atoms with van der Waals surface area (Å²) in [6, 6.07) is 5.83. The number of hydrogen-bond acceptors (Lipinski definition) is 5. The Labute approximate surface area is 149 Å². The number of guanidine groups is 1. The molecule has 1 fully saturated rings. The minimum atomic E-state index is -0.118. The van der Waals surface area contributed by atoms with Gasteiger partial charge in [-0.2, -0.15) is 0 Å². The molecule has 0 amide bonds. The molecule has 7 heteroatoms. The zero-order valence-corrected chi connectivity index (χ0v) is 15.4. The molecule has 1 aliphatic heterocycles. The van der Waals surface area contributed by atoms with E-state index in [1.807, 2.05) is 18.2 Å². The van der Waals surface area contributed by atoms with Gasteiger partial charge in [-0.25, -0.2) is 0 Å². The van der Waals surface area contributed by atoms with Crippen molar-refractivity contribution in [2.24, 2.45) is 10.9 Å². The number of carbonyl (C=O) groups is 1. The number of hydrogen-bond donors (Lipinski definition) is 1. The fourth-order valence-electron chi connectivity index (χ4n) is 3.00. The molecule has 0 unspecified atom stereocenters. The van der Waals surface area contributed by atoms with E-state index in [9.17, 15) is 4.79 Å². The zero-order chi connectivity index (χ0) is 18.2. The second-order valence-electron chi connectivity index (χ2n) is 5.87. The van der Waals surface area contributed by atoms with Crippen LogP contribution in [0.4, 0.5) is 0 Å². The molecule has 1 heterocycles. The highest BCUT2D eigenvalue weighted by atomic mass is 16.5. The predicted octanol–water partition coefficient (Wildman–Crippen LogP) is 1.66. The van der Waals surface area contributed by atoms with E-state index >= 15 is 0 Å². The monoisotopic (exact) mass is 349 g/mol. The fraction of sp³-hybridized carbons (Fsp3) is 0.556. The van der Waals surface area contributed by atoms with Gasteiger partial charge in [-0.15, -0.1) is 0 Å². The van der Waals surface area contributed by atoms with Crippen molar-refractivity contribution >= 4 is 11.9 Å². The van der Waals surface area contributed by atoms with Crippen LogP contribution in [0.25, 0.3) is 0 Å². The first-order chi connectivity index (χ1) is 12.1. The second-order valence-corrected chi connectivity index (χ2v) is 5.87. The lowest BCUT2D eigenvalue weighted by atomic mass is 9.97. The molecule has 2 rings (SSSR count). The van der Waals surface area contributed by atoms with Crippen molar-refractivity contribution in [1.82, 2.24) is 10.2 Å². The van der Waals surface area contributed by atoms with Crippen LogP contribution in [0.1, 0.15) is 18.4 Å². The summed E-state index contributed by atoms with van der Waals surface area (Å²) < 4.78 is 15.4. The highest BCUT2D eigenvalue weighted by Gasteiger charge is 2.26. The number of likely N-dealkylation sites (tertiary alicyclic amines) is 1. The first-order valence-corrected chi connectivity index (χ1v) is 8.37. The number of benzene rings is 1. The van der Waals surface area contributed by atoms with Crippen LogP contribution in [0.2, 0.25) is 0 Å². The van der Waals surface area contributed by atoms with Crippen molar-refractivity contribution < 1.29 is 19.0 Å². The maximum atomic E-state index is 11.6. The summed E-state index contributed by atoms with van der Waals surface area (Å²) in [6.07, 6.45) is 1.56. The molecule has 0 bridgehead atoms. The summed E-state index contributed by atoms with van der Waals surface area (Å²) in [7, 11) is 6.46. The van der Waals surface area contributed by atoms with Crippen LogP contribution < -0.4 is 14.8 Å². The minimum absolute atomic E-state index is 0.00907. The van der Waals surface area contributed by atoms with Gasteiger partial charge >= 0.3 is 5.97 Å². The number of methoxy groups -OCH3 is 3. The summed E-state index contributed by atoms with van der Waals surface area (Å²) in [5.41, 5.74) is 1.07. The zero-order valence-electron chi connectivity index (χ0n) is 15.4. The van der Waals surface area contributed by atoms with E-state index in [0.717, 1.165) is 37.5 Å². The van der Waals surface area contributed by atoms with E-state index in [0.29, 0.717) is 18.0 Å². The van der Waals surface area contributed by atoms with E-state index in [2.05, 4.69) is 15.2 Å². The number of aliphatic imine (C=N–C) groups is 1. The van der Waals surface area contributed by atoms with Gasteiger partial charge < -0.3 is 24.4 Å². The van der Waals surface area contributed by atoms with Crippen LogP contribution in [0, 0.1) is 5.92 Å². The summed E-state index contributed by atoms with van der Waals surface area (Å²) in [5.74, 6) is 2.12. The molecule has 0 atom stereocenters. The van der Waals surface area contributed by atoms with Crippen molar-refractivity contribution in [2.45, 2.75) is 19.4 Å². The second kappa shape index (κ2) is 9.15. The predicted molar refractivity (Wildman–Crippen MR) is 96.1 cm³/mol. The number of nitrogens with zero attached hydrogens (tertiary/aromatic N) is 2. The van der Waals surface area contributed by atoms with E-state index in [-0.39, 0.29) is 11.9 Å². The van der Waals surface area contributed by atoms with E-state index in [4.69, 9.17) is 14.2 Å². The molecule has 1 aromatic carbocycles. The molecule has 138 valence electrons. The highest BCUT2D eigenvalue weighted by Crippen LogP contribution is 2.27. The maximum absolute atomic E-state index is 11.6. The van der Waals surface area contributed by atoms with Gasteiger partial charge in [-0.1, -0.05) is 6.07 Å². The molecule has 1 aromatic rings. The van der Waals surface area contributed by atoms with Gasteiger partial charge in [-0.05, 0) is 30.5 Å². The van der Waals surface area contributed by atoms with Crippen LogP contribution >= 0.6 is 0 Å². The summed E-state index contributed by atoms with van der Waals surface area (Å²) in [5, 5.41) is 3.37. The molecule has 25 heavy (non-hydrogen) atoms. The Hall–Kier alpha value is -2.44. The van der Waals surface area contributed by atoms with Crippen molar-refractivity contribution in [3.8, 4) is 11.5 Å². The third-order valence-electron chi connectivity index (χ3n) is 4.44. The van der Waals surface area contributed by atoms with E-state index in [1.165, 1.54) is 7.11 Å². The lowest BCUT2D eigenvalue weighted by Gasteiger charge is -2.33. The third-order valence-corrected chi connectivity index (χ3v) is 4.44. The molecule has 0 saturated carbocycles. The molecule has 0 spiro atoms. The Kier molecular flexibility index (Phi) is 6.91. The van der Waals surface area contributed by atoms with Crippen LogP contribution in [0.15, 0.2) is 23.2 Å². The average molecular weight is 349 g/mol. The first kappa shape index (κ1) is 18.9. The van der Waals surface area contributed by atoms with Crippen molar-refractivity contribution in [2.75, 3.05) is 41.5 Å². The molecular formula is C18H27N3O4.